The van der Waals surface area contributed by atoms with Gasteiger partial charge in [0.05, 0.1) is 16.3 Å². The van der Waals surface area contributed by atoms with Gasteiger partial charge in [-0.15, -0.1) is 0 Å². The largest absolute Gasteiger partial charge is 0.342 e. The van der Waals surface area contributed by atoms with Gasteiger partial charge in [0.15, 0.2) is 5.52 Å². The van der Waals surface area contributed by atoms with Crippen molar-refractivity contribution in [2.24, 2.45) is 7.05 Å². The van der Waals surface area contributed by atoms with Gasteiger partial charge < -0.3 is 4.57 Å². The van der Waals surface area contributed by atoms with Crippen LogP contribution in [0, 0.1) is 10.1 Å². The highest BCUT2D eigenvalue weighted by Gasteiger charge is 2.25. The topological polar surface area (TPSA) is 61.0 Å². The minimum atomic E-state index is -0.476. The summed E-state index contributed by atoms with van der Waals surface area (Å²) in [7, 11) is 1.94. The lowest BCUT2D eigenvalue weighted by Crippen LogP contribution is -1.98. The van der Waals surface area contributed by atoms with E-state index in [1.54, 1.807) is 12.1 Å². The fraction of sp³-hybridized carbons (Fsp3) is 0.0625. The lowest BCUT2D eigenvalue weighted by Gasteiger charge is -2.11. The zero-order chi connectivity index (χ0) is 15.4. The zero-order valence-electron chi connectivity index (χ0n) is 11.6. The molecule has 0 aliphatic carbocycles. The summed E-state index contributed by atoms with van der Waals surface area (Å²) in [6, 6.07) is 13.2. The van der Waals surface area contributed by atoms with Crippen molar-refractivity contribution in [3.8, 4) is 11.4 Å². The highest BCUT2D eigenvalue weighted by atomic mass is 35.5. The van der Waals surface area contributed by atoms with E-state index >= 15 is 0 Å². The lowest BCUT2D eigenvalue weighted by molar-refractivity contribution is -0.383. The molecule has 0 saturated carbocycles. The molecule has 0 atom stereocenters. The molecule has 0 N–H and O–H groups in total. The van der Waals surface area contributed by atoms with Gasteiger partial charge in [-0.2, -0.15) is 0 Å². The number of aryl methyl sites for hydroxylation is 1. The monoisotopic (exact) mass is 311 g/mol. The molecule has 108 valence electrons. The number of nitro groups is 1. The van der Waals surface area contributed by atoms with Crippen LogP contribution >= 0.6 is 11.6 Å². The number of hydrogen-bond donors (Lipinski definition) is 0. The van der Waals surface area contributed by atoms with Crippen LogP contribution in [0.1, 0.15) is 0 Å². The molecule has 5 nitrogen and oxygen atoms in total. The summed E-state index contributed by atoms with van der Waals surface area (Å²) in [4.78, 5) is 15.3. The summed E-state index contributed by atoms with van der Waals surface area (Å²) >= 11 is 5.98. The summed E-state index contributed by atoms with van der Waals surface area (Å²) in [5, 5.41) is 13.2. The van der Waals surface area contributed by atoms with Crippen molar-refractivity contribution in [3.05, 3.63) is 57.6 Å². The normalized spacial score (nSPS) is 11.5. The first-order chi connectivity index (χ1) is 10.6. The van der Waals surface area contributed by atoms with Crippen molar-refractivity contribution in [3.63, 3.8) is 0 Å². The summed E-state index contributed by atoms with van der Waals surface area (Å²) in [5.41, 5.74) is 2.83. The van der Waals surface area contributed by atoms with Crippen molar-refractivity contribution in [2.45, 2.75) is 0 Å². The van der Waals surface area contributed by atoms with Crippen LogP contribution in [0.5, 0.6) is 0 Å². The number of para-hydroxylation sites is 1. The number of fused-ring (bicyclic) bond motifs is 4. The maximum Gasteiger partial charge on any atom is 0.313 e. The molecule has 0 radical (unpaired) electrons. The Bertz CT molecular complexity index is 1040. The molecule has 0 amide bonds. The van der Waals surface area contributed by atoms with Gasteiger partial charge in [0, 0.05) is 23.3 Å². The van der Waals surface area contributed by atoms with E-state index in [2.05, 4.69) is 4.98 Å². The number of hydrogen-bond acceptors (Lipinski definition) is 3. The molecule has 0 spiro atoms. The van der Waals surface area contributed by atoms with Gasteiger partial charge in [0.1, 0.15) is 5.02 Å². The first-order valence-corrected chi connectivity index (χ1v) is 7.06. The first-order valence-electron chi connectivity index (χ1n) is 6.68. The van der Waals surface area contributed by atoms with Crippen LogP contribution in [0.15, 0.2) is 42.5 Å². The molecule has 0 fully saturated rings. The molecule has 22 heavy (non-hydrogen) atoms. The van der Waals surface area contributed by atoms with E-state index < -0.39 is 4.92 Å². The highest BCUT2D eigenvalue weighted by molar-refractivity contribution is 6.34. The quantitative estimate of drug-likeness (QED) is 0.387. The molecule has 0 bridgehead atoms. The van der Waals surface area contributed by atoms with Crippen molar-refractivity contribution < 1.29 is 4.92 Å². The van der Waals surface area contributed by atoms with Crippen molar-refractivity contribution in [2.75, 3.05) is 0 Å². The summed E-state index contributed by atoms with van der Waals surface area (Å²) in [6.07, 6.45) is 0. The fourth-order valence-corrected chi connectivity index (χ4v) is 3.20. The predicted molar refractivity (Wildman–Crippen MR) is 86.5 cm³/mol. The average Bonchev–Trinajstić information content (AvgIpc) is 2.85. The molecule has 0 saturated heterocycles. The number of nitrogens with zero attached hydrogens (tertiary/aromatic N) is 3. The Morgan fingerprint density at radius 2 is 2.00 bits per heavy atom. The molecule has 2 aliphatic heterocycles. The molecular formula is C16H10ClN3O2. The van der Waals surface area contributed by atoms with Crippen LogP contribution in [0.4, 0.5) is 5.69 Å². The number of pyridine rings is 1. The molecule has 0 aromatic heterocycles. The van der Waals surface area contributed by atoms with Gasteiger partial charge in [0.25, 0.3) is 0 Å². The van der Waals surface area contributed by atoms with Crippen molar-refractivity contribution in [1.82, 2.24) is 9.55 Å². The van der Waals surface area contributed by atoms with Crippen LogP contribution in [0.25, 0.3) is 33.2 Å². The van der Waals surface area contributed by atoms with E-state index in [1.165, 1.54) is 0 Å². The molecule has 6 heteroatoms. The van der Waals surface area contributed by atoms with Gasteiger partial charge in [-0.05, 0) is 24.3 Å². The predicted octanol–water partition coefficient (Wildman–Crippen LogP) is 4.39. The number of halogens is 1. The molecule has 2 heterocycles. The maximum atomic E-state index is 11.3. The SMILES string of the molecule is Cn1c2c3ccc(Cl)c([N+](=O)[O-])c3nc-2cc2ccccc21. The highest BCUT2D eigenvalue weighted by Crippen LogP contribution is 2.40. The minimum absolute atomic E-state index is 0.104. The van der Waals surface area contributed by atoms with E-state index in [-0.39, 0.29) is 10.7 Å². The number of benzene rings is 2. The summed E-state index contributed by atoms with van der Waals surface area (Å²) in [5.74, 6) is 0. The zero-order valence-corrected chi connectivity index (χ0v) is 12.3. The second kappa shape index (κ2) is 4.42. The van der Waals surface area contributed by atoms with E-state index in [0.717, 1.165) is 27.7 Å². The third-order valence-corrected chi connectivity index (χ3v) is 4.25. The number of aromatic nitrogens is 2. The van der Waals surface area contributed by atoms with Crippen molar-refractivity contribution in [1.29, 1.82) is 0 Å². The Hall–Kier alpha value is -2.66. The Morgan fingerprint density at radius 1 is 1.23 bits per heavy atom. The minimum Gasteiger partial charge on any atom is -0.342 e. The second-order valence-electron chi connectivity index (χ2n) is 5.16. The Morgan fingerprint density at radius 3 is 2.77 bits per heavy atom. The fourth-order valence-electron chi connectivity index (χ4n) is 2.98. The molecule has 2 aromatic rings. The van der Waals surface area contributed by atoms with Crippen LogP contribution in [-0.2, 0) is 7.05 Å². The third kappa shape index (κ3) is 1.63. The second-order valence-corrected chi connectivity index (χ2v) is 5.56. The van der Waals surface area contributed by atoms with Crippen LogP contribution < -0.4 is 0 Å². The third-order valence-electron chi connectivity index (χ3n) is 3.94. The van der Waals surface area contributed by atoms with Crippen LogP contribution in [0.3, 0.4) is 0 Å². The van der Waals surface area contributed by atoms with E-state index in [0.29, 0.717) is 5.52 Å². The number of rotatable bonds is 1. The average molecular weight is 312 g/mol. The summed E-state index contributed by atoms with van der Waals surface area (Å²) in [6.45, 7) is 0. The Labute approximate surface area is 130 Å². The maximum absolute atomic E-state index is 11.3. The first kappa shape index (κ1) is 13.0. The lowest BCUT2D eigenvalue weighted by atomic mass is 10.1. The molecule has 2 aromatic carbocycles. The van der Waals surface area contributed by atoms with E-state index in [9.17, 15) is 10.1 Å². The van der Waals surface area contributed by atoms with Gasteiger partial charge in [-0.3, -0.25) is 10.1 Å². The van der Waals surface area contributed by atoms with E-state index in [1.807, 2.05) is 41.9 Å². The van der Waals surface area contributed by atoms with Crippen molar-refractivity contribution >= 4 is 39.1 Å². The molecule has 2 aliphatic rings. The van der Waals surface area contributed by atoms with Gasteiger partial charge >= 0.3 is 5.69 Å². The Kier molecular flexibility index (Phi) is 2.62. The van der Waals surface area contributed by atoms with E-state index in [4.69, 9.17) is 11.6 Å². The Balaban J connectivity index is 2.26. The van der Waals surface area contributed by atoms with Crippen LogP contribution in [-0.4, -0.2) is 14.5 Å². The van der Waals surface area contributed by atoms with Gasteiger partial charge in [0.2, 0.25) is 0 Å². The van der Waals surface area contributed by atoms with Gasteiger partial charge in [-0.1, -0.05) is 29.8 Å². The van der Waals surface area contributed by atoms with Gasteiger partial charge in [-0.25, -0.2) is 4.98 Å². The standard InChI is InChI=1S/C16H10ClN3O2/c1-19-13-5-3-2-4-9(13)8-12-15(19)10-6-7-11(17)16(20(21)22)14(10)18-12/h2-8H,1H3. The molecule has 0 unspecified atom stereocenters. The number of nitro benzene ring substituents is 1. The van der Waals surface area contributed by atoms with Crippen LogP contribution in [0.2, 0.25) is 5.02 Å². The molecular weight excluding hydrogens is 302 g/mol. The molecule has 4 rings (SSSR count). The summed E-state index contributed by atoms with van der Waals surface area (Å²) < 4.78 is 2.01. The smallest absolute Gasteiger partial charge is 0.313 e.